The number of halogens is 1. The Morgan fingerprint density at radius 1 is 1.47 bits per heavy atom. The van der Waals surface area contributed by atoms with Gasteiger partial charge in [0.2, 0.25) is 0 Å². The van der Waals surface area contributed by atoms with Crippen molar-refractivity contribution in [3.05, 3.63) is 35.1 Å². The summed E-state index contributed by atoms with van der Waals surface area (Å²) in [5.41, 5.74) is 1.98. The summed E-state index contributed by atoms with van der Waals surface area (Å²) in [7, 11) is 0. The van der Waals surface area contributed by atoms with Crippen molar-refractivity contribution in [2.45, 2.75) is 31.7 Å². The van der Waals surface area contributed by atoms with Crippen molar-refractivity contribution in [2.75, 3.05) is 13.2 Å². The van der Waals surface area contributed by atoms with Gasteiger partial charge in [-0.1, -0.05) is 6.07 Å². The number of benzene rings is 1. The number of aliphatic hydroxyl groups excluding tert-OH is 1. The van der Waals surface area contributed by atoms with Crippen LogP contribution in [-0.2, 0) is 6.42 Å². The molecule has 4 nitrogen and oxygen atoms in total. The second-order valence-corrected chi connectivity index (χ2v) is 4.77. The van der Waals surface area contributed by atoms with Crippen molar-refractivity contribution in [3.63, 3.8) is 0 Å². The summed E-state index contributed by atoms with van der Waals surface area (Å²) in [6.07, 6.45) is 3.27. The number of hydrogen-bond acceptors (Lipinski definition) is 2. The van der Waals surface area contributed by atoms with Crippen molar-refractivity contribution in [2.24, 2.45) is 0 Å². The summed E-state index contributed by atoms with van der Waals surface area (Å²) in [4.78, 5) is 11.7. The molecule has 2 rings (SSSR count). The summed E-state index contributed by atoms with van der Waals surface area (Å²) >= 11 is 0. The minimum atomic E-state index is -0.270. The Morgan fingerprint density at radius 2 is 2.32 bits per heavy atom. The molecule has 0 bridgehead atoms. The van der Waals surface area contributed by atoms with Crippen LogP contribution in [0.5, 0.6) is 0 Å². The van der Waals surface area contributed by atoms with E-state index in [9.17, 15) is 9.18 Å². The minimum absolute atomic E-state index is 0.0533. The maximum atomic E-state index is 13.3. The van der Waals surface area contributed by atoms with E-state index in [0.29, 0.717) is 13.0 Å². The molecule has 19 heavy (non-hydrogen) atoms. The van der Waals surface area contributed by atoms with Gasteiger partial charge < -0.3 is 15.7 Å². The third-order valence-electron chi connectivity index (χ3n) is 3.35. The summed E-state index contributed by atoms with van der Waals surface area (Å²) < 4.78 is 13.3. The Morgan fingerprint density at radius 3 is 3.11 bits per heavy atom. The lowest BCUT2D eigenvalue weighted by atomic mass is 9.87. The molecule has 0 aliphatic heterocycles. The summed E-state index contributed by atoms with van der Waals surface area (Å²) in [5, 5.41) is 14.2. The lowest BCUT2D eigenvalue weighted by molar-refractivity contribution is 0.233. The number of aryl methyl sites for hydroxylation is 1. The normalized spacial score (nSPS) is 17.7. The molecule has 1 atom stereocenters. The van der Waals surface area contributed by atoms with Crippen molar-refractivity contribution >= 4 is 6.03 Å². The van der Waals surface area contributed by atoms with Gasteiger partial charge in [-0.15, -0.1) is 0 Å². The van der Waals surface area contributed by atoms with Gasteiger partial charge in [0.1, 0.15) is 5.82 Å². The van der Waals surface area contributed by atoms with E-state index in [0.717, 1.165) is 30.4 Å². The molecule has 5 heteroatoms. The number of hydrogen-bond donors (Lipinski definition) is 3. The van der Waals surface area contributed by atoms with Gasteiger partial charge in [-0.2, -0.15) is 0 Å². The molecule has 0 spiro atoms. The SMILES string of the molecule is O=C(NCCCO)NC1CCCc2ccc(F)cc21. The number of carbonyl (C=O) groups is 1. The summed E-state index contributed by atoms with van der Waals surface area (Å²) in [6, 6.07) is 4.36. The molecule has 0 aromatic heterocycles. The molecule has 3 N–H and O–H groups in total. The highest BCUT2D eigenvalue weighted by molar-refractivity contribution is 5.74. The average molecular weight is 266 g/mol. The molecule has 2 amide bonds. The molecule has 1 aliphatic rings. The molecule has 0 fully saturated rings. The lowest BCUT2D eigenvalue weighted by Gasteiger charge is -2.26. The monoisotopic (exact) mass is 266 g/mol. The Balaban J connectivity index is 1.99. The molecule has 104 valence electrons. The van der Waals surface area contributed by atoms with E-state index in [-0.39, 0.29) is 24.5 Å². The summed E-state index contributed by atoms with van der Waals surface area (Å²) in [5.74, 6) is -0.270. The second kappa shape index (κ2) is 6.52. The zero-order chi connectivity index (χ0) is 13.7. The maximum absolute atomic E-state index is 13.3. The summed E-state index contributed by atoms with van der Waals surface area (Å²) in [6.45, 7) is 0.489. The molecule has 0 radical (unpaired) electrons. The van der Waals surface area contributed by atoms with E-state index in [1.165, 1.54) is 12.1 Å². The molecule has 0 saturated carbocycles. The fourth-order valence-electron chi connectivity index (χ4n) is 2.41. The van der Waals surface area contributed by atoms with Gasteiger partial charge in [-0.3, -0.25) is 0 Å². The van der Waals surface area contributed by atoms with E-state index in [2.05, 4.69) is 10.6 Å². The van der Waals surface area contributed by atoms with Gasteiger partial charge in [0, 0.05) is 13.2 Å². The van der Waals surface area contributed by atoms with Gasteiger partial charge in [0.25, 0.3) is 0 Å². The molecular formula is C14H19FN2O2. The van der Waals surface area contributed by atoms with Gasteiger partial charge in [-0.25, -0.2) is 9.18 Å². The van der Waals surface area contributed by atoms with Crippen LogP contribution < -0.4 is 10.6 Å². The number of rotatable bonds is 4. The first-order valence-electron chi connectivity index (χ1n) is 6.64. The average Bonchev–Trinajstić information content (AvgIpc) is 2.40. The van der Waals surface area contributed by atoms with Crippen LogP contribution in [0.2, 0.25) is 0 Å². The minimum Gasteiger partial charge on any atom is -0.396 e. The number of aliphatic hydroxyl groups is 1. The first-order valence-corrected chi connectivity index (χ1v) is 6.64. The quantitative estimate of drug-likeness (QED) is 0.729. The smallest absolute Gasteiger partial charge is 0.315 e. The Kier molecular flexibility index (Phi) is 4.74. The molecule has 0 saturated heterocycles. The third-order valence-corrected chi connectivity index (χ3v) is 3.35. The maximum Gasteiger partial charge on any atom is 0.315 e. The first-order chi connectivity index (χ1) is 9.20. The first kappa shape index (κ1) is 13.8. The number of urea groups is 1. The van der Waals surface area contributed by atoms with Crippen molar-refractivity contribution < 1.29 is 14.3 Å². The van der Waals surface area contributed by atoms with Crippen molar-refractivity contribution in [1.29, 1.82) is 0 Å². The standard InChI is InChI=1S/C14H19FN2O2/c15-11-6-5-10-3-1-4-13(12(10)9-11)17-14(19)16-7-2-8-18/h5-6,9,13,18H,1-4,7-8H2,(H2,16,17,19). The Hall–Kier alpha value is -1.62. The number of amides is 2. The van der Waals surface area contributed by atoms with Crippen LogP contribution in [-0.4, -0.2) is 24.3 Å². The molecule has 1 aliphatic carbocycles. The van der Waals surface area contributed by atoms with E-state index < -0.39 is 0 Å². The molecule has 1 aromatic carbocycles. The molecule has 1 aromatic rings. The number of carbonyl (C=O) groups excluding carboxylic acids is 1. The van der Waals surface area contributed by atoms with Crippen molar-refractivity contribution in [3.8, 4) is 0 Å². The van der Waals surface area contributed by atoms with Gasteiger partial charge in [-0.05, 0) is 48.9 Å². The molecule has 0 heterocycles. The lowest BCUT2D eigenvalue weighted by Crippen LogP contribution is -2.39. The van der Waals surface area contributed by atoms with Gasteiger partial charge >= 0.3 is 6.03 Å². The highest BCUT2D eigenvalue weighted by atomic mass is 19.1. The van der Waals surface area contributed by atoms with Crippen LogP contribution in [0.4, 0.5) is 9.18 Å². The molecular weight excluding hydrogens is 247 g/mol. The fraction of sp³-hybridized carbons (Fsp3) is 0.500. The van der Waals surface area contributed by atoms with E-state index >= 15 is 0 Å². The second-order valence-electron chi connectivity index (χ2n) is 4.77. The van der Waals surface area contributed by atoms with Gasteiger partial charge in [0.15, 0.2) is 0 Å². The highest BCUT2D eigenvalue weighted by Crippen LogP contribution is 2.30. The van der Waals surface area contributed by atoms with E-state index in [1.807, 2.05) is 0 Å². The van der Waals surface area contributed by atoms with Crippen molar-refractivity contribution in [1.82, 2.24) is 10.6 Å². The van der Waals surface area contributed by atoms with Crippen LogP contribution in [0.15, 0.2) is 18.2 Å². The molecule has 1 unspecified atom stereocenters. The van der Waals surface area contributed by atoms with Crippen LogP contribution in [0, 0.1) is 5.82 Å². The predicted octanol–water partition coefficient (Wildman–Crippen LogP) is 1.88. The van der Waals surface area contributed by atoms with E-state index in [4.69, 9.17) is 5.11 Å². The highest BCUT2D eigenvalue weighted by Gasteiger charge is 2.22. The van der Waals surface area contributed by atoms with Crippen LogP contribution in [0.3, 0.4) is 0 Å². The Bertz CT molecular complexity index is 451. The van der Waals surface area contributed by atoms with Crippen LogP contribution >= 0.6 is 0 Å². The third kappa shape index (κ3) is 3.67. The van der Waals surface area contributed by atoms with E-state index in [1.54, 1.807) is 6.07 Å². The number of fused-ring (bicyclic) bond motifs is 1. The Labute approximate surface area is 112 Å². The number of nitrogens with one attached hydrogen (secondary N) is 2. The van der Waals surface area contributed by atoms with Gasteiger partial charge in [0.05, 0.1) is 6.04 Å². The van der Waals surface area contributed by atoms with Crippen LogP contribution in [0.1, 0.15) is 36.4 Å². The predicted molar refractivity (Wildman–Crippen MR) is 70.3 cm³/mol. The fourth-order valence-corrected chi connectivity index (χ4v) is 2.41. The zero-order valence-electron chi connectivity index (χ0n) is 10.8. The largest absolute Gasteiger partial charge is 0.396 e. The van der Waals surface area contributed by atoms with Crippen LogP contribution in [0.25, 0.3) is 0 Å². The topological polar surface area (TPSA) is 61.4 Å². The zero-order valence-corrected chi connectivity index (χ0v) is 10.8.